The molecule has 2 nitrogen and oxygen atoms in total. The molecule has 2 aromatic rings. The molecule has 0 saturated carbocycles. The summed E-state index contributed by atoms with van der Waals surface area (Å²) in [6.07, 6.45) is 1.85. The van der Waals surface area contributed by atoms with E-state index < -0.39 is 0 Å². The zero-order valence-corrected chi connectivity index (χ0v) is 12.1. The largest absolute Gasteiger partial charge is 0.392 e. The van der Waals surface area contributed by atoms with Crippen molar-refractivity contribution in [2.75, 3.05) is 18.0 Å². The van der Waals surface area contributed by atoms with Gasteiger partial charge in [-0.05, 0) is 37.5 Å². The summed E-state index contributed by atoms with van der Waals surface area (Å²) < 4.78 is 0. The van der Waals surface area contributed by atoms with Crippen LogP contribution in [0, 0.1) is 0 Å². The average Bonchev–Trinajstić information content (AvgIpc) is 2.48. The number of aliphatic hydroxyl groups is 1. The molecular formula is C18H23NO. The van der Waals surface area contributed by atoms with Gasteiger partial charge in [-0.25, -0.2) is 0 Å². The van der Waals surface area contributed by atoms with Gasteiger partial charge >= 0.3 is 0 Å². The quantitative estimate of drug-likeness (QED) is 0.831. The highest BCUT2D eigenvalue weighted by Crippen LogP contribution is 2.15. The van der Waals surface area contributed by atoms with E-state index in [1.807, 2.05) is 31.2 Å². The first kappa shape index (κ1) is 14.6. The summed E-state index contributed by atoms with van der Waals surface area (Å²) in [4.78, 5) is 2.26. The summed E-state index contributed by atoms with van der Waals surface area (Å²) in [7, 11) is 0. The SMILES string of the molecule is C[C@H](O)CN(CCCc1ccccc1)c1ccccc1. The van der Waals surface area contributed by atoms with Crippen molar-refractivity contribution in [3.63, 3.8) is 0 Å². The maximum atomic E-state index is 9.66. The van der Waals surface area contributed by atoms with Crippen LogP contribution >= 0.6 is 0 Å². The van der Waals surface area contributed by atoms with Crippen LogP contribution in [0.1, 0.15) is 18.9 Å². The number of hydrogen-bond donors (Lipinski definition) is 1. The number of benzene rings is 2. The average molecular weight is 269 g/mol. The monoisotopic (exact) mass is 269 g/mol. The first-order chi connectivity index (χ1) is 9.75. The van der Waals surface area contributed by atoms with E-state index in [4.69, 9.17) is 0 Å². The summed E-state index contributed by atoms with van der Waals surface area (Å²) in [6.45, 7) is 3.48. The number of hydrogen-bond acceptors (Lipinski definition) is 2. The Morgan fingerprint density at radius 3 is 2.15 bits per heavy atom. The molecule has 0 aromatic heterocycles. The Bertz CT molecular complexity index is 481. The molecule has 0 unspecified atom stereocenters. The van der Waals surface area contributed by atoms with Crippen molar-refractivity contribution >= 4 is 5.69 Å². The third-order valence-electron chi connectivity index (χ3n) is 3.34. The van der Waals surface area contributed by atoms with Crippen LogP contribution in [0.25, 0.3) is 0 Å². The molecule has 0 heterocycles. The van der Waals surface area contributed by atoms with E-state index in [1.54, 1.807) is 0 Å². The van der Waals surface area contributed by atoms with Crippen LogP contribution in [0.15, 0.2) is 60.7 Å². The van der Waals surface area contributed by atoms with Gasteiger partial charge in [0.25, 0.3) is 0 Å². The Kier molecular flexibility index (Phi) is 5.63. The molecule has 2 aromatic carbocycles. The lowest BCUT2D eigenvalue weighted by atomic mass is 10.1. The molecule has 0 fully saturated rings. The van der Waals surface area contributed by atoms with Crippen LogP contribution in [0.4, 0.5) is 5.69 Å². The maximum absolute atomic E-state index is 9.66. The lowest BCUT2D eigenvalue weighted by molar-refractivity contribution is 0.200. The third-order valence-corrected chi connectivity index (χ3v) is 3.34. The first-order valence-electron chi connectivity index (χ1n) is 7.27. The van der Waals surface area contributed by atoms with E-state index in [-0.39, 0.29) is 6.10 Å². The van der Waals surface area contributed by atoms with Gasteiger partial charge in [-0.1, -0.05) is 48.5 Å². The summed E-state index contributed by atoms with van der Waals surface area (Å²) in [5, 5.41) is 9.66. The Labute approximate surface area is 121 Å². The van der Waals surface area contributed by atoms with Crippen molar-refractivity contribution in [1.82, 2.24) is 0 Å². The highest BCUT2D eigenvalue weighted by molar-refractivity contribution is 5.46. The Morgan fingerprint density at radius 1 is 0.950 bits per heavy atom. The second-order valence-corrected chi connectivity index (χ2v) is 5.22. The Morgan fingerprint density at radius 2 is 1.55 bits per heavy atom. The fourth-order valence-electron chi connectivity index (χ4n) is 2.40. The van der Waals surface area contributed by atoms with E-state index in [1.165, 1.54) is 11.3 Å². The summed E-state index contributed by atoms with van der Waals surface area (Å²) >= 11 is 0. The molecule has 0 amide bonds. The Hall–Kier alpha value is -1.80. The lowest BCUT2D eigenvalue weighted by Gasteiger charge is -2.26. The molecule has 20 heavy (non-hydrogen) atoms. The van der Waals surface area contributed by atoms with Gasteiger partial charge < -0.3 is 10.0 Å². The molecule has 0 aliphatic heterocycles. The van der Waals surface area contributed by atoms with Crippen molar-refractivity contribution in [2.24, 2.45) is 0 Å². The summed E-state index contributed by atoms with van der Waals surface area (Å²) in [6, 6.07) is 20.9. The van der Waals surface area contributed by atoms with E-state index in [9.17, 15) is 5.11 Å². The van der Waals surface area contributed by atoms with Crippen LogP contribution in [0.5, 0.6) is 0 Å². The number of para-hydroxylation sites is 1. The molecule has 2 heteroatoms. The van der Waals surface area contributed by atoms with Gasteiger partial charge in [-0.3, -0.25) is 0 Å². The van der Waals surface area contributed by atoms with Crippen molar-refractivity contribution in [1.29, 1.82) is 0 Å². The molecule has 1 N–H and O–H groups in total. The predicted molar refractivity (Wildman–Crippen MR) is 85.1 cm³/mol. The van der Waals surface area contributed by atoms with Gasteiger partial charge in [0.05, 0.1) is 6.10 Å². The van der Waals surface area contributed by atoms with Gasteiger partial charge in [0.1, 0.15) is 0 Å². The molecule has 0 aliphatic rings. The fraction of sp³-hybridized carbons (Fsp3) is 0.333. The Balaban J connectivity index is 1.91. The molecule has 0 aliphatic carbocycles. The lowest BCUT2D eigenvalue weighted by Crippen LogP contribution is -2.32. The highest BCUT2D eigenvalue weighted by Gasteiger charge is 2.08. The molecular weight excluding hydrogens is 246 g/mol. The second kappa shape index (κ2) is 7.71. The number of rotatable bonds is 7. The van der Waals surface area contributed by atoms with Gasteiger partial charge in [0.15, 0.2) is 0 Å². The third kappa shape index (κ3) is 4.71. The van der Waals surface area contributed by atoms with Crippen LogP contribution < -0.4 is 4.90 Å². The van der Waals surface area contributed by atoms with E-state index in [2.05, 4.69) is 41.3 Å². The normalized spacial score (nSPS) is 12.1. The molecule has 0 spiro atoms. The van der Waals surface area contributed by atoms with Gasteiger partial charge in [-0.2, -0.15) is 0 Å². The molecule has 1 atom stereocenters. The first-order valence-corrected chi connectivity index (χ1v) is 7.27. The van der Waals surface area contributed by atoms with Crippen LogP contribution in [-0.2, 0) is 6.42 Å². The number of anilines is 1. The number of aryl methyl sites for hydroxylation is 1. The molecule has 0 bridgehead atoms. The minimum atomic E-state index is -0.313. The maximum Gasteiger partial charge on any atom is 0.0687 e. The van der Waals surface area contributed by atoms with Gasteiger partial charge in [0, 0.05) is 18.8 Å². The van der Waals surface area contributed by atoms with Crippen molar-refractivity contribution in [3.8, 4) is 0 Å². The summed E-state index contributed by atoms with van der Waals surface area (Å²) in [5.41, 5.74) is 2.55. The van der Waals surface area contributed by atoms with E-state index in [0.29, 0.717) is 6.54 Å². The smallest absolute Gasteiger partial charge is 0.0687 e. The number of nitrogens with zero attached hydrogens (tertiary/aromatic N) is 1. The second-order valence-electron chi connectivity index (χ2n) is 5.22. The minimum absolute atomic E-state index is 0.313. The summed E-state index contributed by atoms with van der Waals surface area (Å²) in [5.74, 6) is 0. The highest BCUT2D eigenvalue weighted by atomic mass is 16.3. The van der Waals surface area contributed by atoms with Gasteiger partial charge in [-0.15, -0.1) is 0 Å². The van der Waals surface area contributed by atoms with Crippen LogP contribution in [0.3, 0.4) is 0 Å². The van der Waals surface area contributed by atoms with E-state index >= 15 is 0 Å². The standard InChI is InChI=1S/C18H23NO/c1-16(20)15-19(18-12-6-3-7-13-18)14-8-11-17-9-4-2-5-10-17/h2-7,9-10,12-13,16,20H,8,11,14-15H2,1H3/t16-/m0/s1. The molecule has 106 valence electrons. The topological polar surface area (TPSA) is 23.5 Å². The molecule has 0 radical (unpaired) electrons. The predicted octanol–water partition coefficient (Wildman–Crippen LogP) is 3.51. The molecule has 0 saturated heterocycles. The van der Waals surface area contributed by atoms with Crippen LogP contribution in [-0.4, -0.2) is 24.3 Å². The molecule has 2 rings (SSSR count). The minimum Gasteiger partial charge on any atom is -0.392 e. The van der Waals surface area contributed by atoms with Gasteiger partial charge in [0.2, 0.25) is 0 Å². The van der Waals surface area contributed by atoms with Crippen molar-refractivity contribution in [2.45, 2.75) is 25.9 Å². The van der Waals surface area contributed by atoms with Crippen molar-refractivity contribution < 1.29 is 5.11 Å². The van der Waals surface area contributed by atoms with Crippen molar-refractivity contribution in [3.05, 3.63) is 66.2 Å². The zero-order chi connectivity index (χ0) is 14.2. The zero-order valence-electron chi connectivity index (χ0n) is 12.1. The fourth-order valence-corrected chi connectivity index (χ4v) is 2.40. The number of aliphatic hydroxyl groups excluding tert-OH is 1. The van der Waals surface area contributed by atoms with E-state index in [0.717, 1.165) is 19.4 Å². The van der Waals surface area contributed by atoms with Crippen LogP contribution in [0.2, 0.25) is 0 Å².